The monoisotopic (exact) mass is 247 g/mol. The molecule has 15 heavy (non-hydrogen) atoms. The van der Waals surface area contributed by atoms with Crippen molar-refractivity contribution >= 4 is 22.9 Å². The highest BCUT2D eigenvalue weighted by Gasteiger charge is 2.23. The Hall–Kier alpha value is -0.120. The summed E-state index contributed by atoms with van der Waals surface area (Å²) >= 11 is 7.30. The molecule has 1 aliphatic rings. The molecule has 2 heterocycles. The van der Waals surface area contributed by atoms with Crippen LogP contribution in [0.5, 0.6) is 0 Å². The zero-order valence-electron chi connectivity index (χ0n) is 8.51. The van der Waals surface area contributed by atoms with E-state index >= 15 is 0 Å². The molecule has 1 aromatic heterocycles. The van der Waals surface area contributed by atoms with Crippen molar-refractivity contribution in [1.82, 2.24) is 5.32 Å². The van der Waals surface area contributed by atoms with Crippen molar-refractivity contribution < 1.29 is 4.39 Å². The standard InChI is InChI=1S/C11H15ClFNS/c12-11-4-3-9(15-11)6-10(13)8-2-1-5-14-7-8/h3-4,8,10,14H,1-2,5-7H2. The average Bonchev–Trinajstić information content (AvgIpc) is 2.65. The number of piperidine rings is 1. The Balaban J connectivity index is 1.88. The van der Waals surface area contributed by atoms with Crippen molar-refractivity contribution in [3.05, 3.63) is 21.3 Å². The van der Waals surface area contributed by atoms with Crippen LogP contribution >= 0.6 is 22.9 Å². The van der Waals surface area contributed by atoms with Crippen LogP contribution < -0.4 is 5.32 Å². The van der Waals surface area contributed by atoms with Gasteiger partial charge in [-0.2, -0.15) is 0 Å². The van der Waals surface area contributed by atoms with E-state index < -0.39 is 6.17 Å². The number of thiophene rings is 1. The molecular weight excluding hydrogens is 233 g/mol. The number of halogens is 2. The first kappa shape index (κ1) is 11.4. The molecule has 0 aromatic carbocycles. The van der Waals surface area contributed by atoms with E-state index in [0.29, 0.717) is 6.42 Å². The number of hydrogen-bond donors (Lipinski definition) is 1. The molecule has 0 radical (unpaired) electrons. The van der Waals surface area contributed by atoms with Gasteiger partial charge < -0.3 is 5.32 Å². The van der Waals surface area contributed by atoms with Gasteiger partial charge in [0.15, 0.2) is 0 Å². The summed E-state index contributed by atoms with van der Waals surface area (Å²) in [5.41, 5.74) is 0. The van der Waals surface area contributed by atoms with Crippen molar-refractivity contribution in [2.24, 2.45) is 5.92 Å². The Bertz CT molecular complexity index is 309. The molecule has 2 unspecified atom stereocenters. The van der Waals surface area contributed by atoms with E-state index in [0.717, 1.165) is 35.1 Å². The smallest absolute Gasteiger partial charge is 0.109 e. The molecule has 1 fully saturated rings. The molecule has 1 aliphatic heterocycles. The first-order chi connectivity index (χ1) is 7.25. The third-order valence-electron chi connectivity index (χ3n) is 2.87. The van der Waals surface area contributed by atoms with Gasteiger partial charge in [0.25, 0.3) is 0 Å². The molecule has 2 rings (SSSR count). The van der Waals surface area contributed by atoms with E-state index in [2.05, 4.69) is 5.32 Å². The lowest BCUT2D eigenvalue weighted by Gasteiger charge is -2.25. The van der Waals surface area contributed by atoms with Crippen LogP contribution in [-0.4, -0.2) is 19.3 Å². The van der Waals surface area contributed by atoms with Crippen molar-refractivity contribution in [3.63, 3.8) is 0 Å². The fourth-order valence-corrected chi connectivity index (χ4v) is 3.13. The summed E-state index contributed by atoms with van der Waals surface area (Å²) in [4.78, 5) is 1.05. The van der Waals surface area contributed by atoms with Gasteiger partial charge in [-0.1, -0.05) is 11.6 Å². The van der Waals surface area contributed by atoms with Gasteiger partial charge in [-0.25, -0.2) is 4.39 Å². The average molecular weight is 248 g/mol. The van der Waals surface area contributed by atoms with Gasteiger partial charge in [-0.15, -0.1) is 11.3 Å². The van der Waals surface area contributed by atoms with E-state index in [4.69, 9.17) is 11.6 Å². The second kappa shape index (κ2) is 5.28. The second-order valence-electron chi connectivity index (χ2n) is 4.03. The first-order valence-electron chi connectivity index (χ1n) is 5.34. The predicted molar refractivity (Wildman–Crippen MR) is 63.5 cm³/mol. The van der Waals surface area contributed by atoms with E-state index in [1.807, 2.05) is 12.1 Å². The van der Waals surface area contributed by atoms with Gasteiger partial charge in [0.1, 0.15) is 6.17 Å². The lowest BCUT2D eigenvalue weighted by molar-refractivity contribution is 0.192. The minimum Gasteiger partial charge on any atom is -0.316 e. The second-order valence-corrected chi connectivity index (χ2v) is 5.83. The van der Waals surface area contributed by atoms with Crippen LogP contribution in [0.4, 0.5) is 4.39 Å². The molecule has 1 saturated heterocycles. The summed E-state index contributed by atoms with van der Waals surface area (Å²) < 4.78 is 14.7. The maximum atomic E-state index is 13.9. The highest BCUT2D eigenvalue weighted by molar-refractivity contribution is 7.16. The Kier molecular flexibility index (Phi) is 4.00. The van der Waals surface area contributed by atoms with Gasteiger partial charge in [-0.05, 0) is 31.5 Å². The summed E-state index contributed by atoms with van der Waals surface area (Å²) in [5, 5.41) is 3.24. The van der Waals surface area contributed by atoms with Gasteiger partial charge >= 0.3 is 0 Å². The third kappa shape index (κ3) is 3.16. The summed E-state index contributed by atoms with van der Waals surface area (Å²) in [6.07, 6.45) is 1.89. The maximum absolute atomic E-state index is 13.9. The number of alkyl halides is 1. The van der Waals surface area contributed by atoms with Gasteiger partial charge in [0, 0.05) is 23.8 Å². The van der Waals surface area contributed by atoms with Crippen LogP contribution in [0.2, 0.25) is 4.34 Å². The topological polar surface area (TPSA) is 12.0 Å². The minimum absolute atomic E-state index is 0.180. The molecule has 4 heteroatoms. The highest BCUT2D eigenvalue weighted by atomic mass is 35.5. The Morgan fingerprint density at radius 1 is 1.60 bits per heavy atom. The van der Waals surface area contributed by atoms with Crippen molar-refractivity contribution in [2.75, 3.05) is 13.1 Å². The zero-order valence-corrected chi connectivity index (χ0v) is 10.1. The van der Waals surface area contributed by atoms with Crippen molar-refractivity contribution in [2.45, 2.75) is 25.4 Å². The molecule has 1 aromatic rings. The Morgan fingerprint density at radius 3 is 3.07 bits per heavy atom. The van der Waals surface area contributed by atoms with Crippen LogP contribution in [-0.2, 0) is 6.42 Å². The van der Waals surface area contributed by atoms with E-state index in [1.54, 1.807) is 0 Å². The van der Waals surface area contributed by atoms with Gasteiger partial charge in [0.05, 0.1) is 4.34 Å². The number of rotatable bonds is 3. The molecule has 0 aliphatic carbocycles. The van der Waals surface area contributed by atoms with Crippen LogP contribution in [0.25, 0.3) is 0 Å². The molecule has 0 spiro atoms. The predicted octanol–water partition coefficient (Wildman–Crippen LogP) is 3.28. The van der Waals surface area contributed by atoms with Crippen LogP contribution in [0.1, 0.15) is 17.7 Å². The molecule has 1 N–H and O–H groups in total. The lowest BCUT2D eigenvalue weighted by atomic mass is 9.93. The lowest BCUT2D eigenvalue weighted by Crippen LogP contribution is -2.35. The SMILES string of the molecule is FC(Cc1ccc(Cl)s1)C1CCCNC1. The largest absolute Gasteiger partial charge is 0.316 e. The molecule has 84 valence electrons. The molecule has 1 nitrogen and oxygen atoms in total. The molecular formula is C11H15ClFNS. The summed E-state index contributed by atoms with van der Waals surface area (Å²) in [6.45, 7) is 1.86. The fraction of sp³-hybridized carbons (Fsp3) is 0.636. The Morgan fingerprint density at radius 2 is 2.47 bits per heavy atom. The van der Waals surface area contributed by atoms with Crippen LogP contribution in [0, 0.1) is 5.92 Å². The van der Waals surface area contributed by atoms with E-state index in [9.17, 15) is 4.39 Å². The highest BCUT2D eigenvalue weighted by Crippen LogP contribution is 2.26. The number of hydrogen-bond acceptors (Lipinski definition) is 2. The fourth-order valence-electron chi connectivity index (χ4n) is 2.01. The first-order valence-corrected chi connectivity index (χ1v) is 6.54. The quantitative estimate of drug-likeness (QED) is 0.865. The van der Waals surface area contributed by atoms with E-state index in [1.165, 1.54) is 11.3 Å². The summed E-state index contributed by atoms with van der Waals surface area (Å²) in [5.74, 6) is 0.180. The molecule has 0 amide bonds. The van der Waals surface area contributed by atoms with E-state index in [-0.39, 0.29) is 5.92 Å². The summed E-state index contributed by atoms with van der Waals surface area (Å²) in [6, 6.07) is 3.77. The normalized spacial score (nSPS) is 24.0. The molecule has 0 bridgehead atoms. The van der Waals surface area contributed by atoms with Crippen molar-refractivity contribution in [1.29, 1.82) is 0 Å². The summed E-state index contributed by atoms with van der Waals surface area (Å²) in [7, 11) is 0. The van der Waals surface area contributed by atoms with Crippen LogP contribution in [0.15, 0.2) is 12.1 Å². The molecule has 2 atom stereocenters. The van der Waals surface area contributed by atoms with Gasteiger partial charge in [-0.3, -0.25) is 0 Å². The minimum atomic E-state index is -0.729. The van der Waals surface area contributed by atoms with Crippen LogP contribution in [0.3, 0.4) is 0 Å². The van der Waals surface area contributed by atoms with Crippen molar-refractivity contribution in [3.8, 4) is 0 Å². The third-order valence-corrected chi connectivity index (χ3v) is 4.13. The maximum Gasteiger partial charge on any atom is 0.109 e. The van der Waals surface area contributed by atoms with Gasteiger partial charge in [0.2, 0.25) is 0 Å². The molecule has 0 saturated carbocycles. The Labute approximate surface area is 98.6 Å². The zero-order chi connectivity index (χ0) is 10.7. The number of nitrogens with one attached hydrogen (secondary N) is 1.